The van der Waals surface area contributed by atoms with E-state index in [-0.39, 0.29) is 0 Å². The maximum absolute atomic E-state index is 11.8. The highest BCUT2D eigenvalue weighted by Crippen LogP contribution is 2.29. The van der Waals surface area contributed by atoms with Crippen molar-refractivity contribution in [1.29, 1.82) is 0 Å². The molecule has 0 aromatic heterocycles. The standard InChI is InChI=1S/C5H4Cl2F4O/c6-4(8,9)1-3(12)2-5(7,10)11/h1-2H2. The van der Waals surface area contributed by atoms with Crippen molar-refractivity contribution in [3.05, 3.63) is 0 Å². The van der Waals surface area contributed by atoms with E-state index in [0.717, 1.165) is 0 Å². The molecule has 0 saturated heterocycles. The topological polar surface area (TPSA) is 17.1 Å². The molecule has 1 nitrogen and oxygen atoms in total. The van der Waals surface area contributed by atoms with Crippen LogP contribution in [-0.2, 0) is 4.79 Å². The number of alkyl halides is 6. The van der Waals surface area contributed by atoms with Crippen molar-refractivity contribution in [3.63, 3.8) is 0 Å². The predicted octanol–water partition coefficient (Wildman–Crippen LogP) is 3.00. The van der Waals surface area contributed by atoms with Crippen LogP contribution in [-0.4, -0.2) is 16.5 Å². The van der Waals surface area contributed by atoms with Gasteiger partial charge in [0.1, 0.15) is 5.78 Å². The Morgan fingerprint density at radius 2 is 1.25 bits per heavy atom. The Hall–Kier alpha value is -0.0300. The van der Waals surface area contributed by atoms with E-state index in [0.29, 0.717) is 0 Å². The maximum Gasteiger partial charge on any atom is 0.328 e. The van der Waals surface area contributed by atoms with E-state index in [9.17, 15) is 22.4 Å². The molecule has 0 spiro atoms. The molecule has 0 aliphatic carbocycles. The molecule has 0 radical (unpaired) electrons. The largest absolute Gasteiger partial charge is 0.328 e. The van der Waals surface area contributed by atoms with Gasteiger partial charge in [-0.15, -0.1) is 0 Å². The molecular weight excluding hydrogens is 223 g/mol. The lowest BCUT2D eigenvalue weighted by Gasteiger charge is -2.08. The van der Waals surface area contributed by atoms with Gasteiger partial charge in [-0.2, -0.15) is 17.6 Å². The van der Waals surface area contributed by atoms with Crippen molar-refractivity contribution in [3.8, 4) is 0 Å². The summed E-state index contributed by atoms with van der Waals surface area (Å²) in [6, 6.07) is 0. The summed E-state index contributed by atoms with van der Waals surface area (Å²) < 4.78 is 47.2. The molecule has 0 rings (SSSR count). The molecule has 0 aromatic rings. The van der Waals surface area contributed by atoms with Crippen LogP contribution in [0.1, 0.15) is 12.8 Å². The molecular formula is C5H4Cl2F4O. The van der Waals surface area contributed by atoms with Crippen LogP contribution in [0.3, 0.4) is 0 Å². The smallest absolute Gasteiger partial charge is 0.299 e. The maximum atomic E-state index is 11.8. The third kappa shape index (κ3) is 8.07. The molecule has 0 amide bonds. The van der Waals surface area contributed by atoms with Crippen LogP contribution in [0.25, 0.3) is 0 Å². The summed E-state index contributed by atoms with van der Waals surface area (Å²) in [5, 5.41) is -7.56. The zero-order valence-corrected chi connectivity index (χ0v) is 7.10. The van der Waals surface area contributed by atoms with E-state index < -0.39 is 29.4 Å². The first-order valence-corrected chi connectivity index (χ1v) is 3.51. The molecule has 0 bridgehead atoms. The quantitative estimate of drug-likeness (QED) is 0.532. The molecule has 0 fully saturated rings. The van der Waals surface area contributed by atoms with Crippen molar-refractivity contribution in [1.82, 2.24) is 0 Å². The van der Waals surface area contributed by atoms with Crippen molar-refractivity contribution in [2.45, 2.75) is 23.6 Å². The number of ketones is 1. The highest BCUT2D eigenvalue weighted by molar-refractivity contribution is 6.24. The number of halogens is 6. The van der Waals surface area contributed by atoms with Crippen molar-refractivity contribution in [2.75, 3.05) is 0 Å². The van der Waals surface area contributed by atoms with E-state index in [1.807, 2.05) is 0 Å². The van der Waals surface area contributed by atoms with Gasteiger partial charge in [0.05, 0.1) is 12.8 Å². The fourth-order valence-electron chi connectivity index (χ4n) is 0.510. The zero-order valence-electron chi connectivity index (χ0n) is 5.59. The van der Waals surface area contributed by atoms with Crippen molar-refractivity contribution >= 4 is 29.0 Å². The van der Waals surface area contributed by atoms with Crippen LogP contribution in [0.15, 0.2) is 0 Å². The molecule has 12 heavy (non-hydrogen) atoms. The van der Waals surface area contributed by atoms with Gasteiger partial charge in [0, 0.05) is 0 Å². The average Bonchev–Trinajstić information content (AvgIpc) is 1.49. The monoisotopic (exact) mass is 226 g/mol. The van der Waals surface area contributed by atoms with E-state index in [2.05, 4.69) is 23.2 Å². The Kier molecular flexibility index (Phi) is 3.78. The number of rotatable bonds is 4. The molecule has 0 aliphatic rings. The second-order valence-corrected chi connectivity index (χ2v) is 3.23. The first kappa shape index (κ1) is 12.0. The summed E-state index contributed by atoms with van der Waals surface area (Å²) >= 11 is 8.63. The van der Waals surface area contributed by atoms with E-state index >= 15 is 0 Å². The van der Waals surface area contributed by atoms with Gasteiger partial charge >= 0.3 is 10.8 Å². The second-order valence-electron chi connectivity index (χ2n) is 2.12. The highest BCUT2D eigenvalue weighted by Gasteiger charge is 2.34. The number of hydrogen-bond acceptors (Lipinski definition) is 1. The molecule has 7 heteroatoms. The van der Waals surface area contributed by atoms with Crippen LogP contribution in [0.5, 0.6) is 0 Å². The van der Waals surface area contributed by atoms with Gasteiger partial charge in [0.25, 0.3) is 0 Å². The van der Waals surface area contributed by atoms with Gasteiger partial charge in [-0.3, -0.25) is 4.79 Å². The number of carbonyl (C=O) groups excluding carboxylic acids is 1. The Labute approximate surface area is 75.6 Å². The third-order valence-electron chi connectivity index (χ3n) is 0.795. The minimum absolute atomic E-state index is 1.38. The molecule has 0 unspecified atom stereocenters. The summed E-state index contributed by atoms with van der Waals surface area (Å²) in [6.07, 6.45) is -2.87. The van der Waals surface area contributed by atoms with Gasteiger partial charge in [-0.1, -0.05) is 0 Å². The lowest BCUT2D eigenvalue weighted by molar-refractivity contribution is -0.126. The van der Waals surface area contributed by atoms with Gasteiger partial charge in [-0.25, -0.2) is 0 Å². The molecule has 0 saturated carbocycles. The predicted molar refractivity (Wildman–Crippen MR) is 35.8 cm³/mol. The van der Waals surface area contributed by atoms with Gasteiger partial charge < -0.3 is 0 Å². The minimum atomic E-state index is -3.78. The SMILES string of the molecule is O=C(CC(F)(F)Cl)CC(F)(F)Cl. The first-order valence-electron chi connectivity index (χ1n) is 2.75. The summed E-state index contributed by atoms with van der Waals surface area (Å²) in [5.74, 6) is -1.38. The number of carbonyl (C=O) groups is 1. The fraction of sp³-hybridized carbons (Fsp3) is 0.800. The van der Waals surface area contributed by atoms with Crippen LogP contribution in [0.4, 0.5) is 17.6 Å². The van der Waals surface area contributed by atoms with Crippen LogP contribution in [0, 0.1) is 0 Å². The molecule has 0 atom stereocenters. The summed E-state index contributed by atoms with van der Waals surface area (Å²) in [4.78, 5) is 10.3. The Morgan fingerprint density at radius 3 is 1.42 bits per heavy atom. The normalized spacial score (nSPS) is 13.2. The average molecular weight is 227 g/mol. The van der Waals surface area contributed by atoms with E-state index in [1.54, 1.807) is 0 Å². The van der Waals surface area contributed by atoms with Crippen molar-refractivity contribution in [2.24, 2.45) is 0 Å². The third-order valence-corrected chi connectivity index (χ3v) is 1.06. The van der Waals surface area contributed by atoms with Crippen LogP contribution in [0.2, 0.25) is 0 Å². The fourth-order valence-corrected chi connectivity index (χ4v) is 0.808. The van der Waals surface area contributed by atoms with E-state index in [1.165, 1.54) is 0 Å². The first-order chi connectivity index (χ1) is 5.10. The van der Waals surface area contributed by atoms with Gasteiger partial charge in [0.2, 0.25) is 0 Å². The van der Waals surface area contributed by atoms with Crippen LogP contribution < -0.4 is 0 Å². The van der Waals surface area contributed by atoms with Crippen LogP contribution >= 0.6 is 23.2 Å². The summed E-state index contributed by atoms with van der Waals surface area (Å²) in [7, 11) is 0. The minimum Gasteiger partial charge on any atom is -0.299 e. The van der Waals surface area contributed by atoms with E-state index in [4.69, 9.17) is 0 Å². The Morgan fingerprint density at radius 1 is 1.00 bits per heavy atom. The Bertz CT molecular complexity index is 153. The van der Waals surface area contributed by atoms with Gasteiger partial charge in [0.15, 0.2) is 0 Å². The molecule has 0 aromatic carbocycles. The highest BCUT2D eigenvalue weighted by atomic mass is 35.5. The molecule has 0 heterocycles. The Balaban J connectivity index is 3.92. The molecule has 0 aliphatic heterocycles. The van der Waals surface area contributed by atoms with Crippen molar-refractivity contribution < 1.29 is 22.4 Å². The molecule has 72 valence electrons. The summed E-state index contributed by atoms with van der Waals surface area (Å²) in [6.45, 7) is 0. The second kappa shape index (κ2) is 3.79. The van der Waals surface area contributed by atoms with Gasteiger partial charge in [-0.05, 0) is 23.2 Å². The summed E-state index contributed by atoms with van der Waals surface area (Å²) in [5.41, 5.74) is 0. The zero-order chi connectivity index (χ0) is 9.99. The number of Topliss-reactive ketones (excluding diaryl/α,β-unsaturated/α-hetero) is 1. The lowest BCUT2D eigenvalue weighted by Crippen LogP contribution is -2.19. The lowest BCUT2D eigenvalue weighted by atomic mass is 10.2. The number of hydrogen-bond donors (Lipinski definition) is 0. The molecule has 0 N–H and O–H groups in total.